The summed E-state index contributed by atoms with van der Waals surface area (Å²) in [6.07, 6.45) is 0.963. The van der Waals surface area contributed by atoms with Gasteiger partial charge in [-0.25, -0.2) is 4.21 Å². The zero-order chi connectivity index (χ0) is 12.3. The van der Waals surface area contributed by atoms with Crippen LogP contribution in [-0.4, -0.2) is 28.6 Å². The topological polar surface area (TPSA) is 55.8 Å². The van der Waals surface area contributed by atoms with Gasteiger partial charge in [0.15, 0.2) is 11.1 Å². The summed E-state index contributed by atoms with van der Waals surface area (Å²) in [4.78, 5) is 0.205. The maximum atomic E-state index is 11.1. The Morgan fingerprint density at radius 3 is 3.06 bits per heavy atom. The minimum atomic E-state index is -2.09. The molecule has 0 amide bonds. The smallest absolute Gasteiger partial charge is 0.190 e. The standard InChI is InChI=1S/C11H13ClO4S/c12-9-1-2-10(11(5-9)17(13)14)16-7-8-3-4-15-6-8/h1-2,5,8H,3-4,6-7H2,(H,13,14). The van der Waals surface area contributed by atoms with Crippen LogP contribution in [0.5, 0.6) is 5.75 Å². The van der Waals surface area contributed by atoms with Crippen LogP contribution in [0.1, 0.15) is 6.42 Å². The Labute approximate surface area is 107 Å². The third kappa shape index (κ3) is 3.42. The van der Waals surface area contributed by atoms with Gasteiger partial charge in [-0.3, -0.25) is 0 Å². The second-order valence-electron chi connectivity index (χ2n) is 3.88. The van der Waals surface area contributed by atoms with Crippen molar-refractivity contribution in [1.29, 1.82) is 0 Å². The average molecular weight is 277 g/mol. The SMILES string of the molecule is O=S(O)c1cc(Cl)ccc1OCC1CCOC1. The third-order valence-corrected chi connectivity index (χ3v) is 3.52. The summed E-state index contributed by atoms with van der Waals surface area (Å²) < 4.78 is 31.0. The van der Waals surface area contributed by atoms with Gasteiger partial charge >= 0.3 is 0 Å². The lowest BCUT2D eigenvalue weighted by Crippen LogP contribution is -2.12. The van der Waals surface area contributed by atoms with Crippen molar-refractivity contribution in [3.8, 4) is 5.75 Å². The van der Waals surface area contributed by atoms with Crippen molar-refractivity contribution in [3.05, 3.63) is 23.2 Å². The van der Waals surface area contributed by atoms with Gasteiger partial charge in [0.2, 0.25) is 0 Å². The highest BCUT2D eigenvalue weighted by Gasteiger charge is 2.18. The van der Waals surface area contributed by atoms with Crippen molar-refractivity contribution in [2.75, 3.05) is 19.8 Å². The highest BCUT2D eigenvalue weighted by Crippen LogP contribution is 2.26. The molecule has 17 heavy (non-hydrogen) atoms. The van der Waals surface area contributed by atoms with Gasteiger partial charge < -0.3 is 14.0 Å². The van der Waals surface area contributed by atoms with E-state index in [-0.39, 0.29) is 4.90 Å². The monoisotopic (exact) mass is 276 g/mol. The lowest BCUT2D eigenvalue weighted by atomic mass is 10.1. The van der Waals surface area contributed by atoms with Gasteiger partial charge in [0.05, 0.1) is 13.2 Å². The molecule has 1 heterocycles. The molecular formula is C11H13ClO4S. The van der Waals surface area contributed by atoms with Crippen LogP contribution in [0.25, 0.3) is 0 Å². The van der Waals surface area contributed by atoms with E-state index in [1.807, 2.05) is 0 Å². The number of hydrogen-bond acceptors (Lipinski definition) is 3. The van der Waals surface area contributed by atoms with E-state index in [0.717, 1.165) is 13.0 Å². The Balaban J connectivity index is 2.06. The fourth-order valence-electron chi connectivity index (χ4n) is 1.66. The first kappa shape index (κ1) is 12.8. The lowest BCUT2D eigenvalue weighted by molar-refractivity contribution is 0.166. The molecule has 1 aliphatic rings. The van der Waals surface area contributed by atoms with E-state index in [1.165, 1.54) is 6.07 Å². The van der Waals surface area contributed by atoms with Crippen molar-refractivity contribution in [2.24, 2.45) is 5.92 Å². The Hall–Kier alpha value is -0.620. The van der Waals surface area contributed by atoms with E-state index in [2.05, 4.69) is 0 Å². The fraction of sp³-hybridized carbons (Fsp3) is 0.455. The third-order valence-electron chi connectivity index (χ3n) is 2.59. The number of halogens is 1. The summed E-state index contributed by atoms with van der Waals surface area (Å²) in [5, 5.41) is 0.416. The summed E-state index contributed by atoms with van der Waals surface area (Å²) in [5.41, 5.74) is 0. The van der Waals surface area contributed by atoms with E-state index in [9.17, 15) is 4.21 Å². The van der Waals surface area contributed by atoms with Crippen LogP contribution in [0.2, 0.25) is 5.02 Å². The molecule has 1 fully saturated rings. The van der Waals surface area contributed by atoms with Crippen molar-refractivity contribution in [1.82, 2.24) is 0 Å². The summed E-state index contributed by atoms with van der Waals surface area (Å²) in [6, 6.07) is 4.69. The predicted molar refractivity (Wildman–Crippen MR) is 64.9 cm³/mol. The molecule has 1 aromatic rings. The van der Waals surface area contributed by atoms with Crippen molar-refractivity contribution in [2.45, 2.75) is 11.3 Å². The predicted octanol–water partition coefficient (Wildman–Crippen LogP) is 2.34. The Morgan fingerprint density at radius 2 is 2.41 bits per heavy atom. The molecule has 2 rings (SSSR count). The minimum Gasteiger partial charge on any atom is -0.492 e. The van der Waals surface area contributed by atoms with Gasteiger partial charge in [0, 0.05) is 17.5 Å². The van der Waals surface area contributed by atoms with Crippen molar-refractivity contribution >= 4 is 22.7 Å². The molecule has 2 unspecified atom stereocenters. The zero-order valence-corrected chi connectivity index (χ0v) is 10.7. The highest BCUT2D eigenvalue weighted by molar-refractivity contribution is 7.79. The quantitative estimate of drug-likeness (QED) is 0.858. The second-order valence-corrected chi connectivity index (χ2v) is 5.26. The first-order valence-electron chi connectivity index (χ1n) is 5.28. The first-order valence-corrected chi connectivity index (χ1v) is 6.76. The molecular weight excluding hydrogens is 264 g/mol. The molecule has 0 spiro atoms. The van der Waals surface area contributed by atoms with E-state index >= 15 is 0 Å². The van der Waals surface area contributed by atoms with Gasteiger partial charge in [-0.1, -0.05) is 11.6 Å². The van der Waals surface area contributed by atoms with Gasteiger partial charge in [-0.05, 0) is 24.6 Å². The van der Waals surface area contributed by atoms with Crippen LogP contribution in [-0.2, 0) is 15.8 Å². The molecule has 0 bridgehead atoms. The molecule has 0 aromatic heterocycles. The first-order chi connectivity index (χ1) is 8.16. The molecule has 1 saturated heterocycles. The largest absolute Gasteiger partial charge is 0.492 e. The molecule has 2 atom stereocenters. The molecule has 4 nitrogen and oxygen atoms in total. The Morgan fingerprint density at radius 1 is 1.59 bits per heavy atom. The number of hydrogen-bond donors (Lipinski definition) is 1. The van der Waals surface area contributed by atoms with Crippen LogP contribution < -0.4 is 4.74 Å². The average Bonchev–Trinajstić information content (AvgIpc) is 2.80. The molecule has 6 heteroatoms. The Bertz CT molecular complexity index is 418. The zero-order valence-electron chi connectivity index (χ0n) is 9.10. The molecule has 0 saturated carbocycles. The fourth-order valence-corrected chi connectivity index (χ4v) is 2.42. The lowest BCUT2D eigenvalue weighted by Gasteiger charge is -2.12. The van der Waals surface area contributed by atoms with Crippen molar-refractivity contribution < 1.29 is 18.2 Å². The second kappa shape index (κ2) is 5.82. The maximum absolute atomic E-state index is 11.1. The summed E-state index contributed by atoms with van der Waals surface area (Å²) in [7, 11) is 0. The molecule has 0 aliphatic carbocycles. The number of benzene rings is 1. The van der Waals surface area contributed by atoms with Gasteiger partial charge in [-0.15, -0.1) is 0 Å². The van der Waals surface area contributed by atoms with Crippen LogP contribution in [0.3, 0.4) is 0 Å². The molecule has 1 aliphatic heterocycles. The van der Waals surface area contributed by atoms with Crippen LogP contribution in [0, 0.1) is 5.92 Å². The molecule has 0 radical (unpaired) electrons. The van der Waals surface area contributed by atoms with Gasteiger partial charge in [0.25, 0.3) is 0 Å². The normalized spacial score (nSPS) is 21.4. The van der Waals surface area contributed by atoms with Gasteiger partial charge in [-0.2, -0.15) is 0 Å². The number of rotatable bonds is 4. The van der Waals surface area contributed by atoms with Crippen LogP contribution in [0.4, 0.5) is 0 Å². The molecule has 1 aromatic carbocycles. The van der Waals surface area contributed by atoms with Crippen LogP contribution in [0.15, 0.2) is 23.1 Å². The summed E-state index contributed by atoms with van der Waals surface area (Å²) in [6.45, 7) is 1.93. The maximum Gasteiger partial charge on any atom is 0.190 e. The van der Waals surface area contributed by atoms with E-state index in [4.69, 9.17) is 25.6 Å². The number of ether oxygens (including phenoxy) is 2. The Kier molecular flexibility index (Phi) is 4.39. The van der Waals surface area contributed by atoms with E-state index in [0.29, 0.717) is 29.9 Å². The highest BCUT2D eigenvalue weighted by atomic mass is 35.5. The molecule has 1 N–H and O–H groups in total. The molecule has 94 valence electrons. The van der Waals surface area contributed by atoms with Crippen molar-refractivity contribution in [3.63, 3.8) is 0 Å². The van der Waals surface area contributed by atoms with E-state index in [1.54, 1.807) is 12.1 Å². The minimum absolute atomic E-state index is 0.205. The van der Waals surface area contributed by atoms with Gasteiger partial charge in [0.1, 0.15) is 10.6 Å². The van der Waals surface area contributed by atoms with E-state index < -0.39 is 11.1 Å². The summed E-state index contributed by atoms with van der Waals surface area (Å²) >= 11 is 3.67. The summed E-state index contributed by atoms with van der Waals surface area (Å²) in [5.74, 6) is 0.757. The van der Waals surface area contributed by atoms with Crippen LogP contribution >= 0.6 is 11.6 Å².